The van der Waals surface area contributed by atoms with Gasteiger partial charge in [0.05, 0.1) is 17.8 Å². The van der Waals surface area contributed by atoms with Crippen molar-refractivity contribution in [1.82, 2.24) is 9.61 Å². The molecule has 4 aromatic rings. The standard InChI is InChI=1S/C29H30F2N2O2/c1-3-24-18-19-26-28(20-10-14-22(30)15-11-20)25(8-6-5-7-9-27(34)35-4-2)29(32-33(24)26)21-12-16-23(31)17-13-21/h10-19H,3-9H2,1-2H3. The first-order valence-electron chi connectivity index (χ1n) is 12.2. The summed E-state index contributed by atoms with van der Waals surface area (Å²) in [7, 11) is 0. The second kappa shape index (κ2) is 11.3. The number of aromatic nitrogens is 2. The number of hydrogen-bond acceptors (Lipinski definition) is 3. The van der Waals surface area contributed by atoms with Crippen molar-refractivity contribution in [2.45, 2.75) is 52.4 Å². The number of carbonyl (C=O) groups excluding carboxylic acids is 1. The van der Waals surface area contributed by atoms with Gasteiger partial charge in [0.15, 0.2) is 0 Å². The lowest BCUT2D eigenvalue weighted by Gasteiger charge is -2.18. The summed E-state index contributed by atoms with van der Waals surface area (Å²) in [6.45, 7) is 4.28. The molecule has 0 bridgehead atoms. The number of hydrogen-bond donors (Lipinski definition) is 0. The Morgan fingerprint density at radius 1 is 0.857 bits per heavy atom. The minimum Gasteiger partial charge on any atom is -0.466 e. The zero-order chi connectivity index (χ0) is 24.8. The van der Waals surface area contributed by atoms with Crippen molar-refractivity contribution in [1.29, 1.82) is 0 Å². The fourth-order valence-corrected chi connectivity index (χ4v) is 4.48. The number of fused-ring (bicyclic) bond motifs is 1. The molecule has 0 saturated heterocycles. The maximum Gasteiger partial charge on any atom is 0.305 e. The van der Waals surface area contributed by atoms with E-state index in [1.807, 2.05) is 4.52 Å². The lowest BCUT2D eigenvalue weighted by molar-refractivity contribution is -0.143. The molecule has 0 atom stereocenters. The summed E-state index contributed by atoms with van der Waals surface area (Å²) in [6.07, 6.45) is 4.38. The van der Waals surface area contributed by atoms with Crippen LogP contribution >= 0.6 is 0 Å². The maximum absolute atomic E-state index is 13.8. The monoisotopic (exact) mass is 476 g/mol. The highest BCUT2D eigenvalue weighted by atomic mass is 19.1. The molecular weight excluding hydrogens is 446 g/mol. The second-order valence-electron chi connectivity index (χ2n) is 8.56. The Kier molecular flexibility index (Phi) is 7.91. The zero-order valence-electron chi connectivity index (χ0n) is 20.2. The fourth-order valence-electron chi connectivity index (χ4n) is 4.48. The molecule has 2 heterocycles. The molecule has 182 valence electrons. The molecular formula is C29H30F2N2O2. The van der Waals surface area contributed by atoms with Crippen molar-refractivity contribution < 1.29 is 18.3 Å². The number of nitrogens with zero attached hydrogens (tertiary/aromatic N) is 2. The molecule has 0 N–H and O–H groups in total. The van der Waals surface area contributed by atoms with Crippen LogP contribution in [0.1, 0.15) is 50.8 Å². The van der Waals surface area contributed by atoms with Gasteiger partial charge in [-0.15, -0.1) is 0 Å². The summed E-state index contributed by atoms with van der Waals surface area (Å²) in [4.78, 5) is 11.7. The van der Waals surface area contributed by atoms with Gasteiger partial charge in [-0.25, -0.2) is 13.3 Å². The molecule has 4 nitrogen and oxygen atoms in total. The average molecular weight is 477 g/mol. The topological polar surface area (TPSA) is 43.6 Å². The van der Waals surface area contributed by atoms with E-state index < -0.39 is 0 Å². The summed E-state index contributed by atoms with van der Waals surface area (Å²) in [5.74, 6) is -0.762. The summed E-state index contributed by atoms with van der Waals surface area (Å²) in [6, 6.07) is 17.0. The van der Waals surface area contributed by atoms with E-state index in [9.17, 15) is 13.6 Å². The second-order valence-corrected chi connectivity index (χ2v) is 8.56. The Balaban J connectivity index is 1.79. The smallest absolute Gasteiger partial charge is 0.305 e. The summed E-state index contributed by atoms with van der Waals surface area (Å²) in [5, 5.41) is 5.01. The Morgan fingerprint density at radius 3 is 2.14 bits per heavy atom. The first-order valence-corrected chi connectivity index (χ1v) is 12.2. The molecule has 2 aromatic heterocycles. The van der Waals surface area contributed by atoms with Crippen LogP contribution in [-0.4, -0.2) is 22.2 Å². The van der Waals surface area contributed by atoms with Gasteiger partial charge in [-0.05, 0) is 92.3 Å². The molecule has 2 aromatic carbocycles. The van der Waals surface area contributed by atoms with Crippen LogP contribution in [0.5, 0.6) is 0 Å². The Morgan fingerprint density at radius 2 is 1.51 bits per heavy atom. The molecule has 0 fully saturated rings. The third kappa shape index (κ3) is 5.59. The molecule has 6 heteroatoms. The van der Waals surface area contributed by atoms with Gasteiger partial charge in [0.2, 0.25) is 0 Å². The number of esters is 1. The number of halogens is 2. The Hall–Kier alpha value is -3.54. The fraction of sp³-hybridized carbons (Fsp3) is 0.310. The van der Waals surface area contributed by atoms with Crippen molar-refractivity contribution in [2.24, 2.45) is 0 Å². The van der Waals surface area contributed by atoms with E-state index in [0.717, 1.165) is 71.3 Å². The zero-order valence-corrected chi connectivity index (χ0v) is 20.2. The van der Waals surface area contributed by atoms with Crippen LogP contribution in [0, 0.1) is 11.6 Å². The molecule has 0 saturated carbocycles. The minimum absolute atomic E-state index is 0.171. The first kappa shape index (κ1) is 24.6. The molecule has 0 aliphatic heterocycles. The van der Waals surface area contributed by atoms with Crippen LogP contribution in [0.15, 0.2) is 60.7 Å². The highest BCUT2D eigenvalue weighted by Gasteiger charge is 2.20. The lowest BCUT2D eigenvalue weighted by atomic mass is 9.92. The normalized spacial score (nSPS) is 11.2. The van der Waals surface area contributed by atoms with Crippen LogP contribution in [0.4, 0.5) is 8.78 Å². The lowest BCUT2D eigenvalue weighted by Crippen LogP contribution is -2.07. The van der Waals surface area contributed by atoms with Crippen molar-refractivity contribution in [3.63, 3.8) is 0 Å². The largest absolute Gasteiger partial charge is 0.466 e. The van der Waals surface area contributed by atoms with E-state index in [2.05, 4.69) is 19.1 Å². The number of rotatable bonds is 10. The number of ether oxygens (including phenoxy) is 1. The van der Waals surface area contributed by atoms with E-state index >= 15 is 0 Å². The number of carbonyl (C=O) groups is 1. The van der Waals surface area contributed by atoms with Gasteiger partial charge >= 0.3 is 5.97 Å². The molecule has 0 aliphatic carbocycles. The highest BCUT2D eigenvalue weighted by Crippen LogP contribution is 2.36. The average Bonchev–Trinajstić information content (AvgIpc) is 3.27. The predicted molar refractivity (Wildman–Crippen MR) is 134 cm³/mol. The minimum atomic E-state index is -0.302. The molecule has 0 spiro atoms. The van der Waals surface area contributed by atoms with E-state index in [1.54, 1.807) is 31.2 Å². The van der Waals surface area contributed by atoms with E-state index in [-0.39, 0.29) is 17.6 Å². The summed E-state index contributed by atoms with van der Waals surface area (Å²) in [5.41, 5.74) is 6.58. The molecule has 35 heavy (non-hydrogen) atoms. The molecule has 0 amide bonds. The van der Waals surface area contributed by atoms with Gasteiger partial charge in [-0.3, -0.25) is 4.79 Å². The third-order valence-electron chi connectivity index (χ3n) is 6.20. The predicted octanol–water partition coefficient (Wildman–Crippen LogP) is 7.17. The van der Waals surface area contributed by atoms with Gasteiger partial charge in [0.1, 0.15) is 11.6 Å². The Bertz CT molecular complexity index is 1300. The van der Waals surface area contributed by atoms with Crippen molar-refractivity contribution in [2.75, 3.05) is 6.61 Å². The van der Waals surface area contributed by atoms with Crippen LogP contribution < -0.4 is 0 Å². The maximum atomic E-state index is 13.8. The first-order chi connectivity index (χ1) is 17.0. The molecule has 0 unspecified atom stereocenters. The molecule has 4 rings (SSSR count). The van der Waals surface area contributed by atoms with Gasteiger partial charge in [-0.1, -0.05) is 25.5 Å². The van der Waals surface area contributed by atoms with Crippen molar-refractivity contribution in [3.05, 3.63) is 83.6 Å². The van der Waals surface area contributed by atoms with Crippen LogP contribution in [0.3, 0.4) is 0 Å². The van der Waals surface area contributed by atoms with Crippen molar-refractivity contribution >= 4 is 11.5 Å². The molecule has 0 aliphatic rings. The van der Waals surface area contributed by atoms with Crippen LogP contribution in [0.25, 0.3) is 27.9 Å². The Labute approximate surface area is 204 Å². The number of unbranched alkanes of at least 4 members (excludes halogenated alkanes) is 2. The van der Waals surface area contributed by atoms with Crippen LogP contribution in [0.2, 0.25) is 0 Å². The van der Waals surface area contributed by atoms with Gasteiger partial charge in [-0.2, -0.15) is 5.10 Å². The quantitative estimate of drug-likeness (QED) is 0.180. The van der Waals surface area contributed by atoms with Gasteiger partial charge < -0.3 is 4.74 Å². The van der Waals surface area contributed by atoms with Crippen LogP contribution in [-0.2, 0) is 22.4 Å². The highest BCUT2D eigenvalue weighted by molar-refractivity contribution is 5.87. The van der Waals surface area contributed by atoms with E-state index in [1.165, 1.54) is 24.3 Å². The number of benzene rings is 2. The van der Waals surface area contributed by atoms with E-state index in [4.69, 9.17) is 9.84 Å². The molecule has 0 radical (unpaired) electrons. The van der Waals surface area contributed by atoms with Gasteiger partial charge in [0, 0.05) is 23.2 Å². The SMILES string of the molecule is CCOC(=O)CCCCCc1c(-c2ccc(F)cc2)nn2c(CC)ccc2c1-c1ccc(F)cc1. The van der Waals surface area contributed by atoms with Gasteiger partial charge in [0.25, 0.3) is 0 Å². The number of aryl methyl sites for hydroxylation is 1. The summed E-state index contributed by atoms with van der Waals surface area (Å²) >= 11 is 0. The van der Waals surface area contributed by atoms with E-state index in [0.29, 0.717) is 13.0 Å². The summed E-state index contributed by atoms with van der Waals surface area (Å²) < 4.78 is 34.5. The van der Waals surface area contributed by atoms with Crippen molar-refractivity contribution in [3.8, 4) is 22.4 Å². The third-order valence-corrected chi connectivity index (χ3v) is 6.20.